The smallest absolute Gasteiger partial charge is 0.394 e. The molecule has 1 aromatic carbocycles. The fraction of sp³-hybridized carbons (Fsp3) is 0.200. The van der Waals surface area contributed by atoms with Crippen LogP contribution in [0.15, 0.2) is 24.3 Å². The molecule has 20 heavy (non-hydrogen) atoms. The number of hydrogen-bond donors (Lipinski definition) is 5. The van der Waals surface area contributed by atoms with Crippen molar-refractivity contribution in [1.29, 1.82) is 0 Å². The Morgan fingerprint density at radius 2 is 1.65 bits per heavy atom. The maximum atomic E-state index is 11.6. The van der Waals surface area contributed by atoms with Gasteiger partial charge in [-0.2, -0.15) is 8.42 Å². The number of para-hydroxylation sites is 1. The monoisotopic (exact) mass is 306 g/mol. The minimum absolute atomic E-state index is 0.246. The van der Waals surface area contributed by atoms with Crippen LogP contribution in [0.1, 0.15) is 16.8 Å². The number of carboxylic acids is 1. The van der Waals surface area contributed by atoms with Crippen molar-refractivity contribution >= 4 is 27.8 Å². The Balaban J connectivity index is 0.000000621. The summed E-state index contributed by atoms with van der Waals surface area (Å²) in [6, 6.07) is 5.31. The van der Waals surface area contributed by atoms with E-state index in [9.17, 15) is 9.59 Å². The molecule has 1 aromatic rings. The Morgan fingerprint density at radius 1 is 1.20 bits per heavy atom. The van der Waals surface area contributed by atoms with Crippen LogP contribution < -0.4 is 11.5 Å². The van der Waals surface area contributed by atoms with Crippen LogP contribution in [-0.4, -0.2) is 40.4 Å². The van der Waals surface area contributed by atoms with Crippen LogP contribution in [0.4, 0.5) is 5.69 Å². The van der Waals surface area contributed by atoms with Crippen LogP contribution in [0.2, 0.25) is 0 Å². The third-order valence-corrected chi connectivity index (χ3v) is 1.98. The molecule has 0 saturated carbocycles. The number of Topliss-reactive ketones (excluding diaryl/α,β-unsaturated/α-hetero) is 1. The number of anilines is 1. The van der Waals surface area contributed by atoms with Gasteiger partial charge in [0.25, 0.3) is 0 Å². The lowest BCUT2D eigenvalue weighted by atomic mass is 10.0. The average Bonchev–Trinajstić information content (AvgIpc) is 2.26. The number of rotatable bonds is 4. The first-order valence-corrected chi connectivity index (χ1v) is 6.48. The summed E-state index contributed by atoms with van der Waals surface area (Å²) in [5.41, 5.74) is 11.5. The van der Waals surface area contributed by atoms with E-state index in [4.69, 9.17) is 34.1 Å². The number of carbonyl (C=O) groups is 2. The summed E-state index contributed by atoms with van der Waals surface area (Å²) in [7, 11) is -4.67. The predicted octanol–water partition coefficient (Wildman–Crippen LogP) is -0.399. The largest absolute Gasteiger partial charge is 0.480 e. The number of aliphatic carboxylic acids is 1. The molecule has 0 fully saturated rings. The summed E-state index contributed by atoms with van der Waals surface area (Å²) in [6.45, 7) is 0. The van der Waals surface area contributed by atoms with Crippen LogP contribution in [0.5, 0.6) is 0 Å². The maximum absolute atomic E-state index is 11.6. The lowest BCUT2D eigenvalue weighted by Crippen LogP contribution is -2.32. The zero-order valence-corrected chi connectivity index (χ0v) is 10.9. The summed E-state index contributed by atoms with van der Waals surface area (Å²) < 4.78 is 31.6. The molecule has 1 atom stereocenters. The standard InChI is InChI=1S/C10H12N2O3.H2O4S/c11-7-4-2-1-3-6(7)9(13)5-8(12)10(14)15;1-5(2,3)4/h1-4,8H,5,11-12H2,(H,14,15);(H2,1,2,3,4)/t8-;/m1./s1. The highest BCUT2D eigenvalue weighted by Gasteiger charge is 2.18. The molecular weight excluding hydrogens is 292 g/mol. The molecule has 0 bridgehead atoms. The van der Waals surface area contributed by atoms with E-state index in [1.165, 1.54) is 0 Å². The Morgan fingerprint density at radius 3 is 2.05 bits per heavy atom. The van der Waals surface area contributed by atoms with Crippen molar-refractivity contribution in [2.75, 3.05) is 5.73 Å². The van der Waals surface area contributed by atoms with E-state index in [0.717, 1.165) is 0 Å². The van der Waals surface area contributed by atoms with Gasteiger partial charge in [0.15, 0.2) is 5.78 Å². The van der Waals surface area contributed by atoms with Gasteiger partial charge in [0, 0.05) is 17.7 Å². The zero-order valence-electron chi connectivity index (χ0n) is 10.1. The molecule has 0 heterocycles. The van der Waals surface area contributed by atoms with Crippen LogP contribution in [0.25, 0.3) is 0 Å². The fourth-order valence-electron chi connectivity index (χ4n) is 1.15. The van der Waals surface area contributed by atoms with E-state index in [1.54, 1.807) is 24.3 Å². The highest BCUT2D eigenvalue weighted by molar-refractivity contribution is 7.79. The van der Waals surface area contributed by atoms with Gasteiger partial charge in [-0.1, -0.05) is 12.1 Å². The fourth-order valence-corrected chi connectivity index (χ4v) is 1.15. The number of nitrogens with two attached hydrogens (primary N) is 2. The minimum atomic E-state index is -4.67. The number of carboxylic acid groups (broad SMARTS) is 1. The molecule has 0 saturated heterocycles. The first-order valence-electron chi connectivity index (χ1n) is 5.08. The molecule has 9 nitrogen and oxygen atoms in total. The molecular formula is C10H14N2O7S. The second kappa shape index (κ2) is 7.55. The van der Waals surface area contributed by atoms with Gasteiger partial charge in [-0.25, -0.2) is 0 Å². The van der Waals surface area contributed by atoms with Crippen LogP contribution >= 0.6 is 0 Å². The number of nitrogen functional groups attached to an aromatic ring is 1. The topological polar surface area (TPSA) is 181 Å². The third-order valence-electron chi connectivity index (χ3n) is 1.98. The van der Waals surface area contributed by atoms with Gasteiger partial charge in [0.2, 0.25) is 0 Å². The summed E-state index contributed by atoms with van der Waals surface area (Å²) in [5.74, 6) is -1.55. The highest BCUT2D eigenvalue weighted by Crippen LogP contribution is 2.13. The first-order chi connectivity index (χ1) is 9.02. The van der Waals surface area contributed by atoms with E-state index in [1.807, 2.05) is 0 Å². The van der Waals surface area contributed by atoms with Gasteiger partial charge < -0.3 is 16.6 Å². The van der Waals surface area contributed by atoms with Crippen molar-refractivity contribution in [3.8, 4) is 0 Å². The number of hydrogen-bond acceptors (Lipinski definition) is 6. The molecule has 0 radical (unpaired) electrons. The Hall–Kier alpha value is -2.01. The van der Waals surface area contributed by atoms with Gasteiger partial charge in [-0.3, -0.25) is 18.7 Å². The Kier molecular flexibility index (Phi) is 6.79. The first kappa shape index (κ1) is 18.0. The predicted molar refractivity (Wildman–Crippen MR) is 69.6 cm³/mol. The van der Waals surface area contributed by atoms with Gasteiger partial charge in [-0.15, -0.1) is 0 Å². The molecule has 10 heteroatoms. The van der Waals surface area contributed by atoms with Crippen molar-refractivity contribution in [3.05, 3.63) is 29.8 Å². The van der Waals surface area contributed by atoms with Crippen molar-refractivity contribution in [2.24, 2.45) is 5.73 Å². The SMILES string of the molecule is Nc1ccccc1C(=O)C[C@@H](N)C(=O)O.O=S(=O)(O)O. The molecule has 0 aliphatic heterocycles. The van der Waals surface area contributed by atoms with Crippen LogP contribution in [-0.2, 0) is 15.2 Å². The highest BCUT2D eigenvalue weighted by atomic mass is 32.3. The van der Waals surface area contributed by atoms with E-state index < -0.39 is 22.4 Å². The lowest BCUT2D eigenvalue weighted by molar-refractivity contribution is -0.138. The van der Waals surface area contributed by atoms with E-state index in [-0.39, 0.29) is 12.2 Å². The normalized spacial score (nSPS) is 11.9. The number of benzene rings is 1. The molecule has 0 spiro atoms. The second-order valence-electron chi connectivity index (χ2n) is 3.61. The molecule has 1 rings (SSSR count). The summed E-state index contributed by atoms with van der Waals surface area (Å²) in [4.78, 5) is 22.0. The average molecular weight is 306 g/mol. The Labute approximate surface area is 114 Å². The van der Waals surface area contributed by atoms with Crippen molar-refractivity contribution in [1.82, 2.24) is 0 Å². The van der Waals surface area contributed by atoms with Crippen LogP contribution in [0.3, 0.4) is 0 Å². The van der Waals surface area contributed by atoms with Crippen LogP contribution in [0, 0.1) is 0 Å². The minimum Gasteiger partial charge on any atom is -0.480 e. The van der Waals surface area contributed by atoms with Gasteiger partial charge in [0.05, 0.1) is 0 Å². The zero-order chi connectivity index (χ0) is 15.9. The summed E-state index contributed by atoms with van der Waals surface area (Å²) in [5, 5.41) is 8.54. The van der Waals surface area contributed by atoms with E-state index >= 15 is 0 Å². The molecule has 7 N–H and O–H groups in total. The summed E-state index contributed by atoms with van der Waals surface area (Å²) >= 11 is 0. The van der Waals surface area contributed by atoms with E-state index in [2.05, 4.69) is 0 Å². The van der Waals surface area contributed by atoms with Gasteiger partial charge >= 0.3 is 16.4 Å². The molecule has 0 amide bonds. The lowest BCUT2D eigenvalue weighted by Gasteiger charge is -2.07. The summed E-state index contributed by atoms with van der Waals surface area (Å²) in [6.07, 6.45) is -0.246. The van der Waals surface area contributed by atoms with Crippen molar-refractivity contribution in [3.63, 3.8) is 0 Å². The molecule has 0 unspecified atom stereocenters. The number of ketones is 1. The quantitative estimate of drug-likeness (QED) is 0.281. The molecule has 0 aliphatic carbocycles. The maximum Gasteiger partial charge on any atom is 0.394 e. The molecule has 112 valence electrons. The molecule has 0 aromatic heterocycles. The number of carbonyl (C=O) groups excluding carboxylic acids is 1. The second-order valence-corrected chi connectivity index (χ2v) is 4.50. The van der Waals surface area contributed by atoms with Crippen molar-refractivity contribution in [2.45, 2.75) is 12.5 Å². The molecule has 0 aliphatic rings. The van der Waals surface area contributed by atoms with E-state index in [0.29, 0.717) is 11.3 Å². The Bertz CT molecular complexity index is 577. The van der Waals surface area contributed by atoms with Crippen molar-refractivity contribution < 1.29 is 32.2 Å². The third kappa shape index (κ3) is 8.16. The van der Waals surface area contributed by atoms with Gasteiger partial charge in [-0.05, 0) is 12.1 Å². The van der Waals surface area contributed by atoms with Gasteiger partial charge in [0.1, 0.15) is 6.04 Å².